The van der Waals surface area contributed by atoms with Crippen LogP contribution in [0.5, 0.6) is 0 Å². The van der Waals surface area contributed by atoms with Gasteiger partial charge in [0.1, 0.15) is 17.7 Å². The Morgan fingerprint density at radius 3 is 1.90 bits per heavy atom. The summed E-state index contributed by atoms with van der Waals surface area (Å²) in [6, 6.07) is 8.80. The highest BCUT2D eigenvalue weighted by atomic mass is 15.2. The minimum Gasteiger partial charge on any atom is -0.369 e. The van der Waals surface area contributed by atoms with E-state index in [9.17, 15) is 0 Å². The van der Waals surface area contributed by atoms with Gasteiger partial charge in [-0.05, 0) is 50.4 Å². The molecular formula is C24H37N7. The lowest BCUT2D eigenvalue weighted by Crippen LogP contribution is -2.39. The molecule has 0 unspecified atom stereocenters. The van der Waals surface area contributed by atoms with Crippen LogP contribution < -0.4 is 4.90 Å². The van der Waals surface area contributed by atoms with Gasteiger partial charge in [0.05, 0.1) is 6.20 Å². The molecule has 0 aliphatic heterocycles. The fourth-order valence-corrected chi connectivity index (χ4v) is 4.00. The van der Waals surface area contributed by atoms with E-state index in [1.54, 1.807) is 12.5 Å². The van der Waals surface area contributed by atoms with Gasteiger partial charge in [0.2, 0.25) is 0 Å². The monoisotopic (exact) mass is 423 g/mol. The van der Waals surface area contributed by atoms with E-state index in [1.165, 1.54) is 5.69 Å². The van der Waals surface area contributed by atoms with Crippen molar-refractivity contribution in [2.45, 2.75) is 27.7 Å². The zero-order chi connectivity index (χ0) is 22.2. The minimum absolute atomic E-state index is 0.823. The Bertz CT molecular complexity index is 911. The number of fused-ring (bicyclic) bond motifs is 1. The number of rotatable bonds is 12. The number of hydrogen-bond donors (Lipinski definition) is 0. The number of anilines is 1. The molecule has 0 saturated heterocycles. The van der Waals surface area contributed by atoms with E-state index < -0.39 is 0 Å². The molecule has 0 aliphatic rings. The summed E-state index contributed by atoms with van der Waals surface area (Å²) in [4.78, 5) is 20.7. The third kappa shape index (κ3) is 5.60. The van der Waals surface area contributed by atoms with E-state index in [4.69, 9.17) is 4.98 Å². The Balaban J connectivity index is 1.80. The third-order valence-electron chi connectivity index (χ3n) is 6.19. The van der Waals surface area contributed by atoms with Crippen LogP contribution >= 0.6 is 0 Å². The lowest BCUT2D eigenvalue weighted by Gasteiger charge is -2.30. The predicted octanol–water partition coefficient (Wildman–Crippen LogP) is 3.52. The first-order valence-electron chi connectivity index (χ1n) is 11.5. The molecule has 0 aliphatic carbocycles. The van der Waals surface area contributed by atoms with Crippen LogP contribution in [-0.2, 0) is 7.05 Å². The molecule has 168 valence electrons. The maximum absolute atomic E-state index is 4.73. The summed E-state index contributed by atoms with van der Waals surface area (Å²) in [5.74, 6) is 0.917. The average molecular weight is 424 g/mol. The predicted molar refractivity (Wildman–Crippen MR) is 130 cm³/mol. The van der Waals surface area contributed by atoms with Crippen molar-refractivity contribution in [2.24, 2.45) is 7.05 Å². The molecule has 0 saturated carbocycles. The lowest BCUT2D eigenvalue weighted by atomic mass is 10.1. The van der Waals surface area contributed by atoms with Crippen molar-refractivity contribution < 1.29 is 0 Å². The first kappa shape index (κ1) is 23.2. The number of imidazole rings is 1. The molecule has 0 atom stereocenters. The standard InChI is InChI=1S/C24H37N7/c1-6-29(7-2)14-16-31(17-15-30(8-3)9-4)21-12-10-20(11-13-21)23-27-22-18-25-19-26-24(22)28(23)5/h10-13,18-19H,6-9,14-17H2,1-5H3. The van der Waals surface area contributed by atoms with Crippen molar-refractivity contribution in [3.8, 4) is 11.4 Å². The van der Waals surface area contributed by atoms with E-state index >= 15 is 0 Å². The number of nitrogens with zero attached hydrogens (tertiary/aromatic N) is 7. The topological polar surface area (TPSA) is 53.3 Å². The summed E-state index contributed by atoms with van der Waals surface area (Å²) in [6.07, 6.45) is 3.34. The molecule has 2 aromatic heterocycles. The SMILES string of the molecule is CCN(CC)CCN(CCN(CC)CC)c1ccc(-c2nc3cncnc3n2C)cc1. The molecule has 31 heavy (non-hydrogen) atoms. The molecule has 0 N–H and O–H groups in total. The minimum atomic E-state index is 0.823. The van der Waals surface area contributed by atoms with Crippen LogP contribution in [0, 0.1) is 0 Å². The molecule has 0 amide bonds. The van der Waals surface area contributed by atoms with Crippen LogP contribution in [0.25, 0.3) is 22.6 Å². The van der Waals surface area contributed by atoms with Crippen LogP contribution in [0.15, 0.2) is 36.8 Å². The molecule has 0 radical (unpaired) electrons. The largest absolute Gasteiger partial charge is 0.369 e. The molecule has 2 heterocycles. The second-order valence-corrected chi connectivity index (χ2v) is 7.81. The van der Waals surface area contributed by atoms with Crippen LogP contribution in [0.4, 0.5) is 5.69 Å². The van der Waals surface area contributed by atoms with E-state index in [-0.39, 0.29) is 0 Å². The van der Waals surface area contributed by atoms with Crippen molar-refractivity contribution in [1.82, 2.24) is 29.3 Å². The Hall–Kier alpha value is -2.51. The van der Waals surface area contributed by atoms with Gasteiger partial charge in [-0.3, -0.25) is 0 Å². The Morgan fingerprint density at radius 1 is 0.806 bits per heavy atom. The van der Waals surface area contributed by atoms with Gasteiger partial charge in [-0.2, -0.15) is 0 Å². The van der Waals surface area contributed by atoms with Crippen molar-refractivity contribution in [3.05, 3.63) is 36.8 Å². The summed E-state index contributed by atoms with van der Waals surface area (Å²) in [5, 5.41) is 0. The quantitative estimate of drug-likeness (QED) is 0.444. The number of benzene rings is 1. The van der Waals surface area contributed by atoms with Gasteiger partial charge in [-0.25, -0.2) is 15.0 Å². The molecule has 0 spiro atoms. The fraction of sp³-hybridized carbons (Fsp3) is 0.542. The molecular weight excluding hydrogens is 386 g/mol. The van der Waals surface area contributed by atoms with Crippen molar-refractivity contribution in [2.75, 3.05) is 57.3 Å². The Labute approximate surface area is 186 Å². The molecule has 1 aromatic carbocycles. The van der Waals surface area contributed by atoms with E-state index in [0.717, 1.165) is 74.9 Å². The fourth-order valence-electron chi connectivity index (χ4n) is 4.00. The lowest BCUT2D eigenvalue weighted by molar-refractivity contribution is 0.294. The molecule has 0 bridgehead atoms. The summed E-state index contributed by atoms with van der Waals surface area (Å²) in [7, 11) is 2.01. The smallest absolute Gasteiger partial charge is 0.163 e. The number of aromatic nitrogens is 4. The maximum atomic E-state index is 4.73. The second-order valence-electron chi connectivity index (χ2n) is 7.81. The zero-order valence-electron chi connectivity index (χ0n) is 19.8. The number of likely N-dealkylation sites (N-methyl/N-ethyl adjacent to an activating group) is 2. The van der Waals surface area contributed by atoms with Crippen molar-refractivity contribution in [3.63, 3.8) is 0 Å². The average Bonchev–Trinajstić information content (AvgIpc) is 3.15. The van der Waals surface area contributed by atoms with Gasteiger partial charge < -0.3 is 19.3 Å². The van der Waals surface area contributed by atoms with Crippen LogP contribution in [-0.4, -0.2) is 81.7 Å². The molecule has 0 fully saturated rings. The van der Waals surface area contributed by atoms with Gasteiger partial charge >= 0.3 is 0 Å². The summed E-state index contributed by atoms with van der Waals surface area (Å²) in [5.41, 5.74) is 4.04. The Morgan fingerprint density at radius 2 is 1.39 bits per heavy atom. The van der Waals surface area contributed by atoms with E-state index in [1.807, 2.05) is 11.6 Å². The van der Waals surface area contributed by atoms with Gasteiger partial charge in [0.25, 0.3) is 0 Å². The van der Waals surface area contributed by atoms with Gasteiger partial charge in [0.15, 0.2) is 5.65 Å². The van der Waals surface area contributed by atoms with E-state index in [2.05, 4.69) is 76.6 Å². The normalized spacial score (nSPS) is 11.7. The summed E-state index contributed by atoms with van der Waals surface area (Å²) >= 11 is 0. The first-order chi connectivity index (χ1) is 15.1. The summed E-state index contributed by atoms with van der Waals surface area (Å²) < 4.78 is 2.03. The van der Waals surface area contributed by atoms with Gasteiger partial charge in [-0.1, -0.05) is 27.7 Å². The molecule has 7 heteroatoms. The highest BCUT2D eigenvalue weighted by Gasteiger charge is 2.13. The maximum Gasteiger partial charge on any atom is 0.163 e. The first-order valence-corrected chi connectivity index (χ1v) is 11.5. The molecule has 3 aromatic rings. The third-order valence-corrected chi connectivity index (χ3v) is 6.19. The van der Waals surface area contributed by atoms with Gasteiger partial charge in [0, 0.05) is 44.5 Å². The summed E-state index contributed by atoms with van der Waals surface area (Å²) in [6.45, 7) is 17.5. The van der Waals surface area contributed by atoms with Crippen LogP contribution in [0.2, 0.25) is 0 Å². The Kier molecular flexibility index (Phi) is 8.37. The van der Waals surface area contributed by atoms with Crippen molar-refractivity contribution >= 4 is 16.9 Å². The van der Waals surface area contributed by atoms with E-state index in [0.29, 0.717) is 0 Å². The van der Waals surface area contributed by atoms with Crippen LogP contribution in [0.1, 0.15) is 27.7 Å². The number of aryl methyl sites for hydroxylation is 1. The van der Waals surface area contributed by atoms with Gasteiger partial charge in [-0.15, -0.1) is 0 Å². The molecule has 7 nitrogen and oxygen atoms in total. The van der Waals surface area contributed by atoms with Crippen LogP contribution in [0.3, 0.4) is 0 Å². The zero-order valence-corrected chi connectivity index (χ0v) is 19.8. The highest BCUT2D eigenvalue weighted by Crippen LogP contribution is 2.25. The second kappa shape index (κ2) is 11.2. The van der Waals surface area contributed by atoms with Crippen molar-refractivity contribution in [1.29, 1.82) is 0 Å². The number of hydrogen-bond acceptors (Lipinski definition) is 6. The molecule has 3 rings (SSSR count). The highest BCUT2D eigenvalue weighted by molar-refractivity contribution is 5.76.